The quantitative estimate of drug-likeness (QED) is 0.824. The maximum absolute atomic E-state index is 5.87. The molecule has 0 saturated heterocycles. The van der Waals surface area contributed by atoms with Crippen LogP contribution in [0.5, 0.6) is 0 Å². The normalized spacial score (nSPS) is 18.2. The van der Waals surface area contributed by atoms with Gasteiger partial charge in [0.1, 0.15) is 5.15 Å². The Kier molecular flexibility index (Phi) is 4.05. The molecular weight excluding hydrogens is 254 g/mol. The van der Waals surface area contributed by atoms with Gasteiger partial charge in [-0.05, 0) is 31.2 Å². The minimum atomic E-state index is 0.344. The molecule has 1 saturated carbocycles. The van der Waals surface area contributed by atoms with E-state index in [0.29, 0.717) is 21.4 Å². The van der Waals surface area contributed by atoms with Crippen LogP contribution >= 0.6 is 23.4 Å². The van der Waals surface area contributed by atoms with E-state index in [4.69, 9.17) is 17.3 Å². The largest absolute Gasteiger partial charge is 0.396 e. The van der Waals surface area contributed by atoms with E-state index in [1.165, 1.54) is 25.7 Å². The molecule has 2 rings (SSSR count). The minimum Gasteiger partial charge on any atom is -0.396 e. The predicted molar refractivity (Wildman–Crippen MR) is 76.9 cm³/mol. The number of thioether (sulfide) groups is 1. The van der Waals surface area contributed by atoms with Crippen LogP contribution in [0.3, 0.4) is 0 Å². The average Bonchev–Trinajstić information content (AvgIpc) is 2.80. The Bertz CT molecular complexity index is 391. The van der Waals surface area contributed by atoms with Gasteiger partial charge >= 0.3 is 0 Å². The van der Waals surface area contributed by atoms with Gasteiger partial charge in [0.25, 0.3) is 0 Å². The van der Waals surface area contributed by atoms with E-state index in [1.807, 2.05) is 11.8 Å². The van der Waals surface area contributed by atoms with E-state index < -0.39 is 0 Å². The van der Waals surface area contributed by atoms with Gasteiger partial charge in [-0.3, -0.25) is 0 Å². The fraction of sp³-hybridized carbons (Fsp3) is 0.583. The molecular formula is C12H18ClN3S. The second-order valence-corrected chi connectivity index (χ2v) is 6.18. The number of nitrogens with zero attached hydrogens (tertiary/aromatic N) is 1. The number of anilines is 2. The molecule has 0 radical (unpaired) electrons. The zero-order valence-corrected chi connectivity index (χ0v) is 11.6. The lowest BCUT2D eigenvalue weighted by Gasteiger charge is -2.27. The highest BCUT2D eigenvalue weighted by Gasteiger charge is 2.32. The molecule has 0 bridgehead atoms. The van der Waals surface area contributed by atoms with Gasteiger partial charge in [0.15, 0.2) is 5.82 Å². The number of nitrogen functional groups attached to an aromatic ring is 1. The first-order chi connectivity index (χ1) is 8.15. The second kappa shape index (κ2) is 5.36. The summed E-state index contributed by atoms with van der Waals surface area (Å²) in [6, 6.07) is 3.50. The van der Waals surface area contributed by atoms with Crippen LogP contribution in [0.4, 0.5) is 11.5 Å². The van der Waals surface area contributed by atoms with Gasteiger partial charge < -0.3 is 11.1 Å². The number of hydrogen-bond donors (Lipinski definition) is 2. The molecule has 0 aliphatic heterocycles. The van der Waals surface area contributed by atoms with Crippen LogP contribution in [0.25, 0.3) is 0 Å². The van der Waals surface area contributed by atoms with Crippen LogP contribution in [0.15, 0.2) is 12.1 Å². The molecule has 0 unspecified atom stereocenters. The molecule has 1 aromatic heterocycles. The van der Waals surface area contributed by atoms with Crippen molar-refractivity contribution in [3.63, 3.8) is 0 Å². The highest BCUT2D eigenvalue weighted by atomic mass is 35.5. The van der Waals surface area contributed by atoms with Crippen molar-refractivity contribution in [1.82, 2.24) is 4.98 Å². The maximum Gasteiger partial charge on any atom is 0.151 e. The lowest BCUT2D eigenvalue weighted by atomic mass is 10.1. The van der Waals surface area contributed by atoms with E-state index in [2.05, 4.69) is 16.6 Å². The fourth-order valence-corrected chi connectivity index (χ4v) is 3.37. The molecule has 1 aliphatic rings. The van der Waals surface area contributed by atoms with Crippen molar-refractivity contribution >= 4 is 34.9 Å². The zero-order valence-electron chi connectivity index (χ0n) is 10.0. The zero-order chi connectivity index (χ0) is 12.3. The first-order valence-electron chi connectivity index (χ1n) is 5.86. The van der Waals surface area contributed by atoms with E-state index >= 15 is 0 Å². The summed E-state index contributed by atoms with van der Waals surface area (Å²) in [6.45, 7) is 0.908. The van der Waals surface area contributed by atoms with Crippen LogP contribution < -0.4 is 11.1 Å². The summed E-state index contributed by atoms with van der Waals surface area (Å²) in [4.78, 5) is 4.22. The van der Waals surface area contributed by atoms with Gasteiger partial charge in [-0.25, -0.2) is 4.98 Å². The Morgan fingerprint density at radius 2 is 2.18 bits per heavy atom. The highest BCUT2D eigenvalue weighted by molar-refractivity contribution is 8.00. The Hall–Kier alpha value is -0.610. The van der Waals surface area contributed by atoms with Gasteiger partial charge in [-0.2, -0.15) is 11.8 Å². The first kappa shape index (κ1) is 12.8. The van der Waals surface area contributed by atoms with Crippen LogP contribution in [0, 0.1) is 0 Å². The number of nitrogens with one attached hydrogen (secondary N) is 1. The Morgan fingerprint density at radius 1 is 1.47 bits per heavy atom. The molecule has 3 N–H and O–H groups in total. The molecule has 1 aromatic rings. The molecule has 1 heterocycles. The van der Waals surface area contributed by atoms with Gasteiger partial charge in [-0.15, -0.1) is 0 Å². The molecule has 1 aliphatic carbocycles. The molecule has 0 amide bonds. The molecule has 0 atom stereocenters. The third-order valence-corrected chi connectivity index (χ3v) is 5.05. The van der Waals surface area contributed by atoms with E-state index in [0.717, 1.165) is 6.54 Å². The summed E-state index contributed by atoms with van der Waals surface area (Å²) >= 11 is 7.81. The van der Waals surface area contributed by atoms with E-state index in [9.17, 15) is 0 Å². The van der Waals surface area contributed by atoms with Crippen molar-refractivity contribution in [2.24, 2.45) is 0 Å². The number of hydrogen-bond acceptors (Lipinski definition) is 4. The summed E-state index contributed by atoms with van der Waals surface area (Å²) in [7, 11) is 0. The van der Waals surface area contributed by atoms with E-state index in [1.54, 1.807) is 12.1 Å². The summed E-state index contributed by atoms with van der Waals surface area (Å²) in [6.07, 6.45) is 7.35. The van der Waals surface area contributed by atoms with Gasteiger partial charge in [0, 0.05) is 11.3 Å². The molecule has 0 aromatic carbocycles. The number of aromatic nitrogens is 1. The second-order valence-electron chi connectivity index (χ2n) is 4.52. The SMILES string of the molecule is CSC1(CNc2nc(Cl)ccc2N)CCCC1. The van der Waals surface area contributed by atoms with Crippen molar-refractivity contribution in [2.75, 3.05) is 23.9 Å². The third-order valence-electron chi connectivity index (χ3n) is 3.42. The number of pyridine rings is 1. The van der Waals surface area contributed by atoms with Crippen LogP contribution in [-0.4, -0.2) is 22.5 Å². The Balaban J connectivity index is 2.03. The van der Waals surface area contributed by atoms with Crippen molar-refractivity contribution in [3.8, 4) is 0 Å². The van der Waals surface area contributed by atoms with Gasteiger partial charge in [0.05, 0.1) is 5.69 Å². The highest BCUT2D eigenvalue weighted by Crippen LogP contribution is 2.40. The number of rotatable bonds is 4. The first-order valence-corrected chi connectivity index (χ1v) is 7.46. The fourth-order valence-electron chi connectivity index (χ4n) is 2.30. The summed E-state index contributed by atoms with van der Waals surface area (Å²) in [5.41, 5.74) is 6.52. The van der Waals surface area contributed by atoms with Gasteiger partial charge in [-0.1, -0.05) is 24.4 Å². The number of halogens is 1. The Labute approximate surface area is 112 Å². The lowest BCUT2D eigenvalue weighted by molar-refractivity contribution is 0.639. The number of nitrogens with two attached hydrogens (primary N) is 1. The average molecular weight is 272 g/mol. The molecule has 1 fully saturated rings. The van der Waals surface area contributed by atoms with Gasteiger partial charge in [0.2, 0.25) is 0 Å². The summed E-state index contributed by atoms with van der Waals surface area (Å²) in [5.74, 6) is 0.706. The van der Waals surface area contributed by atoms with Crippen LogP contribution in [0.1, 0.15) is 25.7 Å². The molecule has 94 valence electrons. The predicted octanol–water partition coefficient (Wildman–Crippen LogP) is 3.40. The van der Waals surface area contributed by atoms with Crippen molar-refractivity contribution in [1.29, 1.82) is 0 Å². The third kappa shape index (κ3) is 2.99. The van der Waals surface area contributed by atoms with Crippen LogP contribution in [0.2, 0.25) is 5.15 Å². The molecule has 17 heavy (non-hydrogen) atoms. The molecule has 0 spiro atoms. The smallest absolute Gasteiger partial charge is 0.151 e. The summed E-state index contributed by atoms with van der Waals surface area (Å²) in [5, 5.41) is 3.82. The maximum atomic E-state index is 5.87. The topological polar surface area (TPSA) is 50.9 Å². The monoisotopic (exact) mass is 271 g/mol. The van der Waals surface area contributed by atoms with Crippen molar-refractivity contribution < 1.29 is 0 Å². The minimum absolute atomic E-state index is 0.344. The van der Waals surface area contributed by atoms with Crippen molar-refractivity contribution in [3.05, 3.63) is 17.3 Å². The van der Waals surface area contributed by atoms with Crippen molar-refractivity contribution in [2.45, 2.75) is 30.4 Å². The molecule has 5 heteroatoms. The summed E-state index contributed by atoms with van der Waals surface area (Å²) < 4.78 is 0.344. The van der Waals surface area contributed by atoms with E-state index in [-0.39, 0.29) is 0 Å². The molecule has 3 nitrogen and oxygen atoms in total. The van der Waals surface area contributed by atoms with Crippen LogP contribution in [-0.2, 0) is 0 Å². The lowest BCUT2D eigenvalue weighted by Crippen LogP contribution is -2.30. The Morgan fingerprint density at radius 3 is 2.82 bits per heavy atom. The standard InChI is InChI=1S/C12H18ClN3S/c1-17-12(6-2-3-7-12)8-15-11-9(14)4-5-10(13)16-11/h4-5H,2-3,6-8,14H2,1H3,(H,15,16).